The van der Waals surface area contributed by atoms with Crippen LogP contribution in [0.3, 0.4) is 0 Å². The molecule has 2 heterocycles. The summed E-state index contributed by atoms with van der Waals surface area (Å²) >= 11 is 0. The Bertz CT molecular complexity index is 333. The first-order valence-electron chi connectivity index (χ1n) is 6.98. The van der Waals surface area contributed by atoms with Crippen LogP contribution in [0.25, 0.3) is 0 Å². The molecular formula is C14H22N2O2. The van der Waals surface area contributed by atoms with Crippen LogP contribution in [0.2, 0.25) is 0 Å². The van der Waals surface area contributed by atoms with E-state index in [1.165, 1.54) is 12.8 Å². The zero-order chi connectivity index (χ0) is 12.4. The standard InChI is InChI=1S/C14H22N2O2/c1-17-14-10-18-9-6-13(14)15-11-4-7-16(8-5-11)12-2-3-12/h11-15H,4-10H2,1H3/t13-,14+/m0/s1. The van der Waals surface area contributed by atoms with Crippen LogP contribution < -0.4 is 5.32 Å². The average molecular weight is 250 g/mol. The van der Waals surface area contributed by atoms with Crippen LogP contribution >= 0.6 is 0 Å². The molecule has 2 saturated heterocycles. The van der Waals surface area contributed by atoms with Crippen molar-refractivity contribution < 1.29 is 9.47 Å². The van der Waals surface area contributed by atoms with Crippen molar-refractivity contribution in [2.24, 2.45) is 0 Å². The molecule has 2 fully saturated rings. The van der Waals surface area contributed by atoms with Gasteiger partial charge < -0.3 is 14.8 Å². The highest BCUT2D eigenvalue weighted by atomic mass is 16.5. The fourth-order valence-electron chi connectivity index (χ4n) is 2.98. The van der Waals surface area contributed by atoms with E-state index < -0.39 is 0 Å². The third-order valence-electron chi connectivity index (χ3n) is 4.22. The van der Waals surface area contributed by atoms with Crippen molar-refractivity contribution in [2.45, 2.75) is 43.5 Å². The van der Waals surface area contributed by atoms with Gasteiger partial charge in [0, 0.05) is 38.9 Å². The van der Waals surface area contributed by atoms with Crippen LogP contribution in [-0.2, 0) is 9.47 Å². The molecule has 2 atom stereocenters. The van der Waals surface area contributed by atoms with Crippen molar-refractivity contribution in [3.8, 4) is 11.8 Å². The fraction of sp³-hybridized carbons (Fsp3) is 0.857. The summed E-state index contributed by atoms with van der Waals surface area (Å²) in [6.45, 7) is 3.89. The van der Waals surface area contributed by atoms with E-state index in [0.29, 0.717) is 18.1 Å². The number of piperidine rings is 1. The van der Waals surface area contributed by atoms with E-state index in [-0.39, 0.29) is 6.10 Å². The number of likely N-dealkylation sites (tertiary alicyclic amines) is 1. The van der Waals surface area contributed by atoms with E-state index in [9.17, 15) is 0 Å². The van der Waals surface area contributed by atoms with Crippen molar-refractivity contribution in [3.05, 3.63) is 0 Å². The third kappa shape index (κ3) is 2.86. The maximum Gasteiger partial charge on any atom is 0.134 e. The Morgan fingerprint density at radius 1 is 1.22 bits per heavy atom. The van der Waals surface area contributed by atoms with Crippen LogP contribution in [-0.4, -0.2) is 62.5 Å². The number of methoxy groups -OCH3 is 1. The summed E-state index contributed by atoms with van der Waals surface area (Å²) in [5, 5.41) is 3.77. The maximum atomic E-state index is 5.50. The zero-order valence-electron chi connectivity index (χ0n) is 11.0. The summed E-state index contributed by atoms with van der Waals surface area (Å²) < 4.78 is 11.0. The number of nitrogens with zero attached hydrogens (tertiary/aromatic N) is 1. The first-order chi connectivity index (χ1) is 8.86. The molecule has 0 aromatic carbocycles. The van der Waals surface area contributed by atoms with E-state index in [2.05, 4.69) is 22.1 Å². The second-order valence-corrected chi connectivity index (χ2v) is 5.41. The molecule has 0 spiro atoms. The summed E-state index contributed by atoms with van der Waals surface area (Å²) in [7, 11) is 1.78. The van der Waals surface area contributed by atoms with Crippen LogP contribution in [0.15, 0.2) is 0 Å². The molecule has 2 aliphatic heterocycles. The predicted molar refractivity (Wildman–Crippen MR) is 69.3 cm³/mol. The molecule has 4 heteroatoms. The maximum absolute atomic E-state index is 5.50. The first kappa shape index (κ1) is 12.4. The van der Waals surface area contributed by atoms with Crippen molar-refractivity contribution in [2.75, 3.05) is 33.4 Å². The van der Waals surface area contributed by atoms with Gasteiger partial charge in [0.15, 0.2) is 0 Å². The van der Waals surface area contributed by atoms with Gasteiger partial charge in [-0.1, -0.05) is 11.8 Å². The lowest BCUT2D eigenvalue weighted by Gasteiger charge is -2.37. The lowest BCUT2D eigenvalue weighted by molar-refractivity contribution is -0.0535. The van der Waals surface area contributed by atoms with E-state index in [0.717, 1.165) is 32.7 Å². The summed E-state index contributed by atoms with van der Waals surface area (Å²) in [5.41, 5.74) is 0. The molecule has 1 aliphatic carbocycles. The number of hydrogen-bond donors (Lipinski definition) is 1. The Morgan fingerprint density at radius 3 is 2.67 bits per heavy atom. The minimum atomic E-state index is 0.212. The molecule has 0 radical (unpaired) electrons. The van der Waals surface area contributed by atoms with Crippen LogP contribution in [0.5, 0.6) is 0 Å². The molecule has 0 unspecified atom stereocenters. The minimum absolute atomic E-state index is 0.212. The van der Waals surface area contributed by atoms with Gasteiger partial charge in [-0.2, -0.15) is 0 Å². The zero-order valence-corrected chi connectivity index (χ0v) is 11.0. The number of ether oxygens (including phenoxy) is 2. The lowest BCUT2D eigenvalue weighted by Crippen LogP contribution is -2.53. The average Bonchev–Trinajstić information content (AvgIpc) is 3.25. The normalized spacial score (nSPS) is 34.1. The molecule has 100 valence electrons. The Kier molecular flexibility index (Phi) is 3.86. The SMILES string of the molecule is CO[C@@H]1COCC[C@@H]1NC1CCN(C2C#C2)CC1. The van der Waals surface area contributed by atoms with Crippen LogP contribution in [0, 0.1) is 11.8 Å². The smallest absolute Gasteiger partial charge is 0.134 e. The highest BCUT2D eigenvalue weighted by Gasteiger charge is 2.31. The molecule has 0 aromatic rings. The highest BCUT2D eigenvalue weighted by Crippen LogP contribution is 2.19. The van der Waals surface area contributed by atoms with Crippen molar-refractivity contribution in [1.82, 2.24) is 10.2 Å². The molecule has 0 aromatic heterocycles. The molecule has 0 amide bonds. The number of rotatable bonds is 4. The Labute approximate surface area is 109 Å². The molecule has 3 aliphatic rings. The van der Waals surface area contributed by atoms with Gasteiger partial charge in [0.2, 0.25) is 0 Å². The first-order valence-corrected chi connectivity index (χ1v) is 6.98. The second-order valence-electron chi connectivity index (χ2n) is 5.41. The van der Waals surface area contributed by atoms with Gasteiger partial charge in [0.05, 0.1) is 12.7 Å². The molecule has 0 saturated carbocycles. The molecule has 4 nitrogen and oxygen atoms in total. The molecule has 3 rings (SSSR count). The predicted octanol–water partition coefficient (Wildman–Crippen LogP) is 0.230. The van der Waals surface area contributed by atoms with E-state index in [4.69, 9.17) is 9.47 Å². The van der Waals surface area contributed by atoms with Gasteiger partial charge in [-0.05, 0) is 19.3 Å². The van der Waals surface area contributed by atoms with Gasteiger partial charge in [-0.15, -0.1) is 0 Å². The molecule has 18 heavy (non-hydrogen) atoms. The third-order valence-corrected chi connectivity index (χ3v) is 4.22. The number of nitrogens with one attached hydrogen (secondary N) is 1. The summed E-state index contributed by atoms with van der Waals surface area (Å²) in [4.78, 5) is 2.45. The van der Waals surface area contributed by atoms with E-state index in [1.807, 2.05) is 0 Å². The Morgan fingerprint density at radius 2 is 2.00 bits per heavy atom. The van der Waals surface area contributed by atoms with Crippen LogP contribution in [0.1, 0.15) is 19.3 Å². The topological polar surface area (TPSA) is 33.7 Å². The Balaban J connectivity index is 1.44. The molecule has 1 N–H and O–H groups in total. The summed E-state index contributed by atoms with van der Waals surface area (Å²) in [6, 6.07) is 1.51. The van der Waals surface area contributed by atoms with Crippen molar-refractivity contribution in [3.63, 3.8) is 0 Å². The molecule has 0 bridgehead atoms. The van der Waals surface area contributed by atoms with Gasteiger partial charge in [-0.25, -0.2) is 0 Å². The largest absolute Gasteiger partial charge is 0.379 e. The van der Waals surface area contributed by atoms with Gasteiger partial charge in [-0.3, -0.25) is 4.90 Å². The Hall–Kier alpha value is -0.600. The summed E-state index contributed by atoms with van der Waals surface area (Å²) in [6.07, 6.45) is 3.70. The van der Waals surface area contributed by atoms with Gasteiger partial charge in [0.1, 0.15) is 6.04 Å². The van der Waals surface area contributed by atoms with Crippen LogP contribution in [0.4, 0.5) is 0 Å². The fourth-order valence-corrected chi connectivity index (χ4v) is 2.98. The van der Waals surface area contributed by atoms with Gasteiger partial charge >= 0.3 is 0 Å². The van der Waals surface area contributed by atoms with E-state index >= 15 is 0 Å². The van der Waals surface area contributed by atoms with E-state index in [1.54, 1.807) is 7.11 Å². The molecular weight excluding hydrogens is 228 g/mol. The summed E-state index contributed by atoms with van der Waals surface area (Å²) in [5.74, 6) is 6.27. The van der Waals surface area contributed by atoms with Gasteiger partial charge in [0.25, 0.3) is 0 Å². The van der Waals surface area contributed by atoms with Crippen molar-refractivity contribution >= 4 is 0 Å². The highest BCUT2D eigenvalue weighted by molar-refractivity contribution is 5.36. The second kappa shape index (κ2) is 5.58. The quantitative estimate of drug-likeness (QED) is 0.724. The minimum Gasteiger partial charge on any atom is -0.379 e. The monoisotopic (exact) mass is 250 g/mol. The van der Waals surface area contributed by atoms with Crippen molar-refractivity contribution in [1.29, 1.82) is 0 Å². The number of hydrogen-bond acceptors (Lipinski definition) is 4. The lowest BCUT2D eigenvalue weighted by atomic mass is 9.99.